The van der Waals surface area contributed by atoms with Gasteiger partial charge in [-0.2, -0.15) is 0 Å². The van der Waals surface area contributed by atoms with Crippen LogP contribution in [-0.2, 0) is 4.79 Å². The van der Waals surface area contributed by atoms with Crippen molar-refractivity contribution in [2.24, 2.45) is 23.5 Å². The first-order valence-corrected chi connectivity index (χ1v) is 8.00. The monoisotopic (exact) mass is 270 g/mol. The van der Waals surface area contributed by atoms with Gasteiger partial charge in [-0.1, -0.05) is 47.0 Å². The minimum Gasteiger partial charge on any atom is -0.356 e. The Morgan fingerprint density at radius 2 is 1.89 bits per heavy atom. The Morgan fingerprint density at radius 3 is 2.37 bits per heavy atom. The summed E-state index contributed by atoms with van der Waals surface area (Å²) >= 11 is 0. The van der Waals surface area contributed by atoms with Crippen LogP contribution < -0.4 is 11.1 Å². The molecule has 0 aliphatic heterocycles. The summed E-state index contributed by atoms with van der Waals surface area (Å²) in [4.78, 5) is 11.9. The Morgan fingerprint density at radius 1 is 1.21 bits per heavy atom. The van der Waals surface area contributed by atoms with Gasteiger partial charge in [0.05, 0.1) is 0 Å². The Balaban J connectivity index is 3.94. The second-order valence-electron chi connectivity index (χ2n) is 6.16. The lowest BCUT2D eigenvalue weighted by atomic mass is 9.93. The lowest BCUT2D eigenvalue weighted by Gasteiger charge is -2.19. The maximum atomic E-state index is 11.9. The van der Waals surface area contributed by atoms with Crippen LogP contribution in [0.15, 0.2) is 0 Å². The Hall–Kier alpha value is -0.570. The highest BCUT2D eigenvalue weighted by atomic mass is 16.1. The van der Waals surface area contributed by atoms with Gasteiger partial charge in [0.1, 0.15) is 0 Å². The molecule has 3 N–H and O–H groups in total. The molecular formula is C16H34N2O. The predicted molar refractivity (Wildman–Crippen MR) is 82.9 cm³/mol. The van der Waals surface area contributed by atoms with E-state index in [9.17, 15) is 4.79 Å². The summed E-state index contributed by atoms with van der Waals surface area (Å²) in [7, 11) is 0. The van der Waals surface area contributed by atoms with Gasteiger partial charge in [0, 0.05) is 13.0 Å². The number of amides is 1. The quantitative estimate of drug-likeness (QED) is 0.605. The van der Waals surface area contributed by atoms with Gasteiger partial charge in [-0.3, -0.25) is 4.79 Å². The third-order valence-electron chi connectivity index (χ3n) is 3.74. The van der Waals surface area contributed by atoms with Crippen LogP contribution >= 0.6 is 0 Å². The van der Waals surface area contributed by atoms with Crippen LogP contribution in [0.1, 0.15) is 66.2 Å². The Bertz CT molecular complexity index is 229. The van der Waals surface area contributed by atoms with Gasteiger partial charge in [0.15, 0.2) is 0 Å². The summed E-state index contributed by atoms with van der Waals surface area (Å²) in [5, 5.41) is 3.09. The van der Waals surface area contributed by atoms with Crippen LogP contribution in [0, 0.1) is 17.8 Å². The smallest absolute Gasteiger partial charge is 0.220 e. The van der Waals surface area contributed by atoms with E-state index in [2.05, 4.69) is 33.0 Å². The molecule has 0 spiro atoms. The molecule has 19 heavy (non-hydrogen) atoms. The van der Waals surface area contributed by atoms with E-state index in [1.165, 1.54) is 19.3 Å². The standard InChI is InChI=1S/C16H34N2O/c1-5-7-8-14(6-2)12-18-16(19)10-15(11-17)9-13(3)4/h13-15H,5-12,17H2,1-4H3,(H,18,19). The molecule has 0 rings (SSSR count). The second-order valence-corrected chi connectivity index (χ2v) is 6.16. The third kappa shape index (κ3) is 9.94. The van der Waals surface area contributed by atoms with Crippen molar-refractivity contribution in [3.63, 3.8) is 0 Å². The topological polar surface area (TPSA) is 55.1 Å². The third-order valence-corrected chi connectivity index (χ3v) is 3.74. The largest absolute Gasteiger partial charge is 0.356 e. The maximum absolute atomic E-state index is 11.9. The van der Waals surface area contributed by atoms with Crippen molar-refractivity contribution in [3.05, 3.63) is 0 Å². The van der Waals surface area contributed by atoms with Gasteiger partial charge in [-0.25, -0.2) is 0 Å². The molecule has 0 aromatic carbocycles. The number of hydrogen-bond acceptors (Lipinski definition) is 2. The lowest BCUT2D eigenvalue weighted by Crippen LogP contribution is -2.32. The van der Waals surface area contributed by atoms with Gasteiger partial charge in [0.25, 0.3) is 0 Å². The molecule has 0 heterocycles. The summed E-state index contributed by atoms with van der Waals surface area (Å²) in [6.45, 7) is 10.2. The number of nitrogens with two attached hydrogens (primary N) is 1. The average Bonchev–Trinajstić information content (AvgIpc) is 2.37. The first-order chi connectivity index (χ1) is 9.03. The van der Waals surface area contributed by atoms with Crippen molar-refractivity contribution in [3.8, 4) is 0 Å². The Labute approximate surface area is 119 Å². The van der Waals surface area contributed by atoms with Gasteiger partial charge < -0.3 is 11.1 Å². The normalized spacial score (nSPS) is 14.4. The van der Waals surface area contributed by atoms with Gasteiger partial charge >= 0.3 is 0 Å². The second kappa shape index (κ2) is 11.3. The molecule has 1 amide bonds. The predicted octanol–water partition coefficient (Wildman–Crippen LogP) is 3.33. The molecule has 2 atom stereocenters. The summed E-state index contributed by atoms with van der Waals surface area (Å²) in [5.41, 5.74) is 5.74. The van der Waals surface area contributed by atoms with Gasteiger partial charge in [-0.15, -0.1) is 0 Å². The van der Waals surface area contributed by atoms with Crippen LogP contribution in [0.4, 0.5) is 0 Å². The Kier molecular flexibility index (Phi) is 10.9. The number of unbranched alkanes of at least 4 members (excludes halogenated alkanes) is 1. The van der Waals surface area contributed by atoms with E-state index in [0.29, 0.717) is 30.7 Å². The SMILES string of the molecule is CCCCC(CC)CNC(=O)CC(CN)CC(C)C. The van der Waals surface area contributed by atoms with Gasteiger partial charge in [-0.05, 0) is 37.1 Å². The number of hydrogen-bond donors (Lipinski definition) is 2. The zero-order valence-corrected chi connectivity index (χ0v) is 13.4. The molecular weight excluding hydrogens is 236 g/mol. The lowest BCUT2D eigenvalue weighted by molar-refractivity contribution is -0.122. The van der Waals surface area contributed by atoms with E-state index in [1.807, 2.05) is 0 Å². The maximum Gasteiger partial charge on any atom is 0.220 e. The van der Waals surface area contributed by atoms with Gasteiger partial charge in [0.2, 0.25) is 5.91 Å². The van der Waals surface area contributed by atoms with Crippen LogP contribution in [0.2, 0.25) is 0 Å². The summed E-state index contributed by atoms with van der Waals surface area (Å²) < 4.78 is 0. The first kappa shape index (κ1) is 18.4. The molecule has 3 heteroatoms. The molecule has 0 aromatic rings. The van der Waals surface area contributed by atoms with Crippen molar-refractivity contribution in [2.75, 3.05) is 13.1 Å². The summed E-state index contributed by atoms with van der Waals surface area (Å²) in [6, 6.07) is 0. The molecule has 0 bridgehead atoms. The number of rotatable bonds is 11. The van der Waals surface area contributed by atoms with E-state index in [0.717, 1.165) is 19.4 Å². The van der Waals surface area contributed by atoms with Crippen LogP contribution in [-0.4, -0.2) is 19.0 Å². The first-order valence-electron chi connectivity index (χ1n) is 8.00. The molecule has 0 radical (unpaired) electrons. The molecule has 0 fully saturated rings. The number of carbonyl (C=O) groups is 1. The average molecular weight is 270 g/mol. The van der Waals surface area contributed by atoms with Crippen molar-refractivity contribution in [1.82, 2.24) is 5.32 Å². The van der Waals surface area contributed by atoms with Crippen molar-refractivity contribution < 1.29 is 4.79 Å². The van der Waals surface area contributed by atoms with E-state index >= 15 is 0 Å². The molecule has 0 aliphatic rings. The van der Waals surface area contributed by atoms with E-state index in [1.54, 1.807) is 0 Å². The fourth-order valence-corrected chi connectivity index (χ4v) is 2.47. The molecule has 114 valence electrons. The van der Waals surface area contributed by atoms with Crippen LogP contribution in [0.5, 0.6) is 0 Å². The molecule has 3 nitrogen and oxygen atoms in total. The summed E-state index contributed by atoms with van der Waals surface area (Å²) in [5.74, 6) is 1.74. The fourth-order valence-electron chi connectivity index (χ4n) is 2.47. The highest BCUT2D eigenvalue weighted by Gasteiger charge is 2.15. The molecule has 0 aliphatic carbocycles. The molecule has 0 saturated carbocycles. The highest BCUT2D eigenvalue weighted by molar-refractivity contribution is 5.76. The molecule has 2 unspecified atom stereocenters. The zero-order chi connectivity index (χ0) is 14.7. The van der Waals surface area contributed by atoms with Crippen LogP contribution in [0.25, 0.3) is 0 Å². The minimum atomic E-state index is 0.172. The summed E-state index contributed by atoms with van der Waals surface area (Å²) in [6.07, 6.45) is 6.48. The van der Waals surface area contributed by atoms with Crippen molar-refractivity contribution in [1.29, 1.82) is 0 Å². The molecule has 0 saturated heterocycles. The number of nitrogens with one attached hydrogen (secondary N) is 1. The van der Waals surface area contributed by atoms with Crippen molar-refractivity contribution >= 4 is 5.91 Å². The minimum absolute atomic E-state index is 0.172. The number of carbonyl (C=O) groups excluding carboxylic acids is 1. The van der Waals surface area contributed by atoms with E-state index in [-0.39, 0.29) is 5.91 Å². The van der Waals surface area contributed by atoms with Crippen LogP contribution in [0.3, 0.4) is 0 Å². The molecule has 0 aromatic heterocycles. The zero-order valence-electron chi connectivity index (χ0n) is 13.4. The fraction of sp³-hybridized carbons (Fsp3) is 0.938. The van der Waals surface area contributed by atoms with E-state index < -0.39 is 0 Å². The van der Waals surface area contributed by atoms with Crippen molar-refractivity contribution in [2.45, 2.75) is 66.2 Å². The van der Waals surface area contributed by atoms with E-state index in [4.69, 9.17) is 5.73 Å². The highest BCUT2D eigenvalue weighted by Crippen LogP contribution is 2.15.